The van der Waals surface area contributed by atoms with Gasteiger partial charge in [-0.1, -0.05) is 0 Å². The van der Waals surface area contributed by atoms with Crippen LogP contribution in [0.4, 0.5) is 0 Å². The molecule has 1 saturated heterocycles. The van der Waals surface area contributed by atoms with Crippen LogP contribution in [-0.4, -0.2) is 22.2 Å². The fourth-order valence-corrected chi connectivity index (χ4v) is 1.84. The van der Waals surface area contributed by atoms with Gasteiger partial charge >= 0.3 is 0 Å². The summed E-state index contributed by atoms with van der Waals surface area (Å²) in [6, 6.07) is 2.18. The molecule has 0 bridgehead atoms. The minimum Gasteiger partial charge on any atom is -0.392 e. The van der Waals surface area contributed by atoms with Crippen LogP contribution in [-0.2, 0) is 0 Å². The molecule has 0 aromatic carbocycles. The highest BCUT2D eigenvalue weighted by Gasteiger charge is 2.18. The molecule has 0 radical (unpaired) electrons. The number of thioether (sulfide) groups is 1. The molecule has 2 nitrogen and oxygen atoms in total. The third kappa shape index (κ3) is 1.88. The van der Waals surface area contributed by atoms with Gasteiger partial charge < -0.3 is 5.11 Å². The van der Waals surface area contributed by atoms with Gasteiger partial charge in [0, 0.05) is 5.75 Å². The van der Waals surface area contributed by atoms with E-state index in [1.165, 1.54) is 0 Å². The summed E-state index contributed by atoms with van der Waals surface area (Å²) in [4.78, 5) is 0. The first-order valence-electron chi connectivity index (χ1n) is 3.02. The van der Waals surface area contributed by atoms with Crippen LogP contribution in [0.1, 0.15) is 12.8 Å². The molecule has 0 aromatic heterocycles. The van der Waals surface area contributed by atoms with Gasteiger partial charge in [-0.2, -0.15) is 5.26 Å². The van der Waals surface area contributed by atoms with Gasteiger partial charge in [0.05, 0.1) is 17.4 Å². The monoisotopic (exact) mass is 143 g/mol. The standard InChI is InChI=1S/C6H9NOS/c7-3-6-2-1-5(8)4-9-6/h5-6,8H,1-2,4H2/t5-,6+/m1/s1. The molecule has 1 rings (SSSR count). The SMILES string of the molecule is N#C[C@@H]1CC[C@@H](O)CS1. The lowest BCUT2D eigenvalue weighted by molar-refractivity contribution is 0.183. The van der Waals surface area contributed by atoms with E-state index in [1.807, 2.05) is 0 Å². The van der Waals surface area contributed by atoms with Crippen LogP contribution < -0.4 is 0 Å². The minimum atomic E-state index is -0.167. The number of aliphatic hydroxyl groups is 1. The van der Waals surface area contributed by atoms with E-state index in [-0.39, 0.29) is 11.4 Å². The summed E-state index contributed by atoms with van der Waals surface area (Å²) in [5.74, 6) is 0.734. The van der Waals surface area contributed by atoms with E-state index in [1.54, 1.807) is 11.8 Å². The predicted octanol–water partition coefficient (Wildman–Crippen LogP) is 0.766. The second-order valence-corrected chi connectivity index (χ2v) is 3.42. The molecule has 0 saturated carbocycles. The first kappa shape index (κ1) is 6.91. The molecule has 50 valence electrons. The molecule has 1 aliphatic rings. The highest BCUT2D eigenvalue weighted by Crippen LogP contribution is 2.24. The van der Waals surface area contributed by atoms with E-state index >= 15 is 0 Å². The Hall–Kier alpha value is -0.200. The summed E-state index contributed by atoms with van der Waals surface area (Å²) in [5.41, 5.74) is 0. The third-order valence-electron chi connectivity index (χ3n) is 1.40. The second-order valence-electron chi connectivity index (χ2n) is 2.18. The molecule has 9 heavy (non-hydrogen) atoms. The molecule has 1 heterocycles. The third-order valence-corrected chi connectivity index (χ3v) is 2.72. The Labute approximate surface area is 58.9 Å². The van der Waals surface area contributed by atoms with Gasteiger partial charge in [0.15, 0.2) is 0 Å². The zero-order chi connectivity index (χ0) is 6.69. The molecule has 0 unspecified atom stereocenters. The quantitative estimate of drug-likeness (QED) is 0.544. The number of rotatable bonds is 0. The van der Waals surface area contributed by atoms with E-state index < -0.39 is 0 Å². The summed E-state index contributed by atoms with van der Waals surface area (Å²) in [6.45, 7) is 0. The molecular formula is C6H9NOS. The highest BCUT2D eigenvalue weighted by atomic mass is 32.2. The number of nitriles is 1. The maximum absolute atomic E-state index is 8.99. The van der Waals surface area contributed by atoms with Crippen molar-refractivity contribution in [2.75, 3.05) is 5.75 Å². The lowest BCUT2D eigenvalue weighted by atomic mass is 10.2. The normalized spacial score (nSPS) is 35.6. The number of hydrogen-bond acceptors (Lipinski definition) is 3. The molecular weight excluding hydrogens is 134 g/mol. The smallest absolute Gasteiger partial charge is 0.0918 e. The van der Waals surface area contributed by atoms with Crippen molar-refractivity contribution in [2.24, 2.45) is 0 Å². The van der Waals surface area contributed by atoms with Gasteiger partial charge in [0.1, 0.15) is 0 Å². The fourth-order valence-electron chi connectivity index (χ4n) is 0.839. The lowest BCUT2D eigenvalue weighted by Crippen LogP contribution is -2.20. The summed E-state index contributed by atoms with van der Waals surface area (Å²) in [6.07, 6.45) is 1.48. The zero-order valence-electron chi connectivity index (χ0n) is 5.08. The van der Waals surface area contributed by atoms with Crippen LogP contribution in [0.25, 0.3) is 0 Å². The van der Waals surface area contributed by atoms with Crippen LogP contribution in [0.2, 0.25) is 0 Å². The second kappa shape index (κ2) is 3.09. The van der Waals surface area contributed by atoms with E-state index in [0.717, 1.165) is 18.6 Å². The van der Waals surface area contributed by atoms with Gasteiger partial charge in [-0.25, -0.2) is 0 Å². The minimum absolute atomic E-state index is 0.133. The van der Waals surface area contributed by atoms with Crippen LogP contribution in [0, 0.1) is 11.3 Å². The van der Waals surface area contributed by atoms with Crippen molar-refractivity contribution in [1.29, 1.82) is 5.26 Å². The first-order valence-corrected chi connectivity index (χ1v) is 4.07. The van der Waals surface area contributed by atoms with Gasteiger partial charge in [0.25, 0.3) is 0 Å². The Bertz CT molecular complexity index is 124. The molecule has 3 heteroatoms. The van der Waals surface area contributed by atoms with Gasteiger partial charge in [-0.15, -0.1) is 11.8 Å². The van der Waals surface area contributed by atoms with Crippen molar-refractivity contribution < 1.29 is 5.11 Å². The van der Waals surface area contributed by atoms with Crippen molar-refractivity contribution in [1.82, 2.24) is 0 Å². The van der Waals surface area contributed by atoms with Gasteiger partial charge in [-0.3, -0.25) is 0 Å². The first-order chi connectivity index (χ1) is 4.33. The lowest BCUT2D eigenvalue weighted by Gasteiger charge is -2.19. The molecule has 2 atom stereocenters. The van der Waals surface area contributed by atoms with E-state index in [0.29, 0.717) is 0 Å². The Morgan fingerprint density at radius 3 is 2.78 bits per heavy atom. The van der Waals surface area contributed by atoms with E-state index in [2.05, 4.69) is 6.07 Å². The molecule has 0 amide bonds. The maximum Gasteiger partial charge on any atom is 0.0918 e. The number of hydrogen-bond donors (Lipinski definition) is 1. The van der Waals surface area contributed by atoms with Crippen LogP contribution in [0.5, 0.6) is 0 Å². The van der Waals surface area contributed by atoms with E-state index in [4.69, 9.17) is 10.4 Å². The topological polar surface area (TPSA) is 44.0 Å². The Morgan fingerprint density at radius 1 is 1.56 bits per heavy atom. The maximum atomic E-state index is 8.99. The molecule has 0 spiro atoms. The van der Waals surface area contributed by atoms with Crippen LogP contribution >= 0.6 is 11.8 Å². The Kier molecular flexibility index (Phi) is 2.38. The summed E-state index contributed by atoms with van der Waals surface area (Å²) >= 11 is 1.56. The highest BCUT2D eigenvalue weighted by molar-refractivity contribution is 8.00. The average molecular weight is 143 g/mol. The molecule has 1 N–H and O–H groups in total. The molecule has 1 fully saturated rings. The average Bonchev–Trinajstić information content (AvgIpc) is 1.90. The zero-order valence-corrected chi connectivity index (χ0v) is 5.90. The summed E-state index contributed by atoms with van der Waals surface area (Å²) in [5, 5.41) is 17.5. The summed E-state index contributed by atoms with van der Waals surface area (Å²) in [7, 11) is 0. The molecule has 0 aromatic rings. The van der Waals surface area contributed by atoms with Crippen molar-refractivity contribution in [2.45, 2.75) is 24.2 Å². The number of nitrogens with zero attached hydrogens (tertiary/aromatic N) is 1. The predicted molar refractivity (Wildman–Crippen MR) is 37.1 cm³/mol. The van der Waals surface area contributed by atoms with Crippen molar-refractivity contribution in [3.8, 4) is 6.07 Å². The van der Waals surface area contributed by atoms with Crippen molar-refractivity contribution >= 4 is 11.8 Å². The fraction of sp³-hybridized carbons (Fsp3) is 0.833. The molecule has 0 aliphatic carbocycles. The van der Waals surface area contributed by atoms with Crippen LogP contribution in [0.15, 0.2) is 0 Å². The Morgan fingerprint density at radius 2 is 2.33 bits per heavy atom. The van der Waals surface area contributed by atoms with E-state index in [9.17, 15) is 0 Å². The largest absolute Gasteiger partial charge is 0.392 e. The van der Waals surface area contributed by atoms with Crippen molar-refractivity contribution in [3.05, 3.63) is 0 Å². The van der Waals surface area contributed by atoms with Gasteiger partial charge in [0.2, 0.25) is 0 Å². The number of aliphatic hydroxyl groups excluding tert-OH is 1. The Balaban J connectivity index is 2.28. The van der Waals surface area contributed by atoms with Crippen molar-refractivity contribution in [3.63, 3.8) is 0 Å². The van der Waals surface area contributed by atoms with Gasteiger partial charge in [-0.05, 0) is 12.8 Å². The van der Waals surface area contributed by atoms with Crippen LogP contribution in [0.3, 0.4) is 0 Å². The summed E-state index contributed by atoms with van der Waals surface area (Å²) < 4.78 is 0. The molecule has 1 aliphatic heterocycles.